The van der Waals surface area contributed by atoms with Gasteiger partial charge in [0.05, 0.1) is 13.1 Å². The third kappa shape index (κ3) is 4.18. The lowest BCUT2D eigenvalue weighted by Gasteiger charge is -2.09. The van der Waals surface area contributed by atoms with Gasteiger partial charge in [-0.2, -0.15) is 0 Å². The highest BCUT2D eigenvalue weighted by molar-refractivity contribution is 5.95. The quantitative estimate of drug-likeness (QED) is 0.383. The van der Waals surface area contributed by atoms with E-state index in [9.17, 15) is 4.79 Å². The summed E-state index contributed by atoms with van der Waals surface area (Å²) < 4.78 is 3.80. The van der Waals surface area contributed by atoms with Crippen molar-refractivity contribution in [3.63, 3.8) is 0 Å². The van der Waals surface area contributed by atoms with Gasteiger partial charge in [-0.05, 0) is 43.3 Å². The van der Waals surface area contributed by atoms with Gasteiger partial charge in [-0.3, -0.25) is 9.20 Å². The third-order valence-corrected chi connectivity index (χ3v) is 5.45. The Morgan fingerprint density at radius 3 is 2.68 bits per heavy atom. The van der Waals surface area contributed by atoms with E-state index in [1.807, 2.05) is 53.3 Å². The number of anilines is 1. The SMILES string of the molecule is Cc1cccc2nnc(CNC(=O)c3cccc(NCc4nnc(-c5ccncn5)n4C)c3)n12. The average molecular weight is 454 g/mol. The number of carbonyl (C=O) groups excluding carboxylic acids is 1. The van der Waals surface area contributed by atoms with Gasteiger partial charge < -0.3 is 15.2 Å². The van der Waals surface area contributed by atoms with E-state index in [1.54, 1.807) is 24.4 Å². The van der Waals surface area contributed by atoms with Crippen LogP contribution in [-0.2, 0) is 20.1 Å². The zero-order valence-corrected chi connectivity index (χ0v) is 18.7. The number of hydrogen-bond donors (Lipinski definition) is 2. The number of fused-ring (bicyclic) bond motifs is 1. The second-order valence-electron chi connectivity index (χ2n) is 7.69. The summed E-state index contributed by atoms with van der Waals surface area (Å²) in [6.07, 6.45) is 3.14. The van der Waals surface area contributed by atoms with Crippen molar-refractivity contribution in [2.45, 2.75) is 20.0 Å². The minimum absolute atomic E-state index is 0.196. The van der Waals surface area contributed by atoms with Crippen LogP contribution in [0.4, 0.5) is 5.69 Å². The molecule has 0 spiro atoms. The van der Waals surface area contributed by atoms with Gasteiger partial charge in [-0.1, -0.05) is 12.1 Å². The predicted molar refractivity (Wildman–Crippen MR) is 125 cm³/mol. The van der Waals surface area contributed by atoms with Crippen LogP contribution in [0.2, 0.25) is 0 Å². The van der Waals surface area contributed by atoms with Crippen molar-refractivity contribution in [2.75, 3.05) is 5.32 Å². The number of aryl methyl sites for hydroxylation is 1. The Hall–Kier alpha value is -4.67. The highest BCUT2D eigenvalue weighted by atomic mass is 16.1. The first-order valence-electron chi connectivity index (χ1n) is 10.7. The summed E-state index contributed by atoms with van der Waals surface area (Å²) in [7, 11) is 1.88. The number of rotatable bonds is 7. The van der Waals surface area contributed by atoms with Crippen molar-refractivity contribution in [3.05, 3.63) is 84.0 Å². The van der Waals surface area contributed by atoms with Crippen molar-refractivity contribution in [1.29, 1.82) is 0 Å². The fourth-order valence-corrected chi connectivity index (χ4v) is 3.66. The molecule has 4 aromatic heterocycles. The average Bonchev–Trinajstić information content (AvgIpc) is 3.46. The fraction of sp³-hybridized carbons (Fsp3) is 0.174. The Morgan fingerprint density at radius 1 is 0.971 bits per heavy atom. The normalized spacial score (nSPS) is 11.0. The summed E-state index contributed by atoms with van der Waals surface area (Å²) in [5.41, 5.74) is 3.79. The van der Waals surface area contributed by atoms with E-state index in [4.69, 9.17) is 0 Å². The Balaban J connectivity index is 1.24. The van der Waals surface area contributed by atoms with E-state index in [-0.39, 0.29) is 12.5 Å². The predicted octanol–water partition coefficient (Wildman–Crippen LogP) is 2.17. The number of pyridine rings is 1. The number of aromatic nitrogens is 8. The molecule has 1 aromatic carbocycles. The van der Waals surface area contributed by atoms with Crippen LogP contribution in [0.25, 0.3) is 17.2 Å². The zero-order valence-electron chi connectivity index (χ0n) is 18.7. The first-order chi connectivity index (χ1) is 16.6. The Kier molecular flexibility index (Phi) is 5.65. The number of carbonyl (C=O) groups is 1. The second kappa shape index (κ2) is 9.06. The number of amides is 1. The third-order valence-electron chi connectivity index (χ3n) is 5.45. The molecule has 0 atom stereocenters. The van der Waals surface area contributed by atoms with Gasteiger partial charge in [0.15, 0.2) is 23.1 Å². The van der Waals surface area contributed by atoms with Crippen molar-refractivity contribution >= 4 is 17.2 Å². The Morgan fingerprint density at radius 2 is 1.82 bits per heavy atom. The molecule has 0 aliphatic heterocycles. The van der Waals surface area contributed by atoms with E-state index < -0.39 is 0 Å². The van der Waals surface area contributed by atoms with Gasteiger partial charge in [0.1, 0.15) is 12.0 Å². The minimum Gasteiger partial charge on any atom is -0.378 e. The molecular weight excluding hydrogens is 432 g/mol. The van der Waals surface area contributed by atoms with Crippen LogP contribution in [-0.4, -0.2) is 45.2 Å². The van der Waals surface area contributed by atoms with Crippen LogP contribution in [0.3, 0.4) is 0 Å². The maximum absolute atomic E-state index is 12.8. The summed E-state index contributed by atoms with van der Waals surface area (Å²) in [6.45, 7) is 2.68. The molecule has 11 heteroatoms. The molecule has 1 amide bonds. The van der Waals surface area contributed by atoms with E-state index in [0.29, 0.717) is 29.5 Å². The summed E-state index contributed by atoms with van der Waals surface area (Å²) in [5.74, 6) is 1.87. The Bertz CT molecular complexity index is 1460. The van der Waals surface area contributed by atoms with Crippen molar-refractivity contribution in [3.8, 4) is 11.5 Å². The molecule has 0 saturated carbocycles. The van der Waals surface area contributed by atoms with Crippen LogP contribution in [0.1, 0.15) is 27.7 Å². The van der Waals surface area contributed by atoms with E-state index in [2.05, 4.69) is 41.0 Å². The van der Waals surface area contributed by atoms with Crippen molar-refractivity contribution in [1.82, 2.24) is 44.6 Å². The molecule has 0 saturated heterocycles. The van der Waals surface area contributed by atoms with Crippen LogP contribution in [0, 0.1) is 6.92 Å². The number of nitrogens with zero attached hydrogens (tertiary/aromatic N) is 8. The molecule has 0 aliphatic rings. The Labute approximate surface area is 194 Å². The van der Waals surface area contributed by atoms with Gasteiger partial charge in [-0.25, -0.2) is 9.97 Å². The zero-order chi connectivity index (χ0) is 23.5. The molecule has 4 heterocycles. The van der Waals surface area contributed by atoms with E-state index >= 15 is 0 Å². The molecule has 0 unspecified atom stereocenters. The molecule has 0 bridgehead atoms. The topological polar surface area (TPSA) is 128 Å². The summed E-state index contributed by atoms with van der Waals surface area (Å²) >= 11 is 0. The molecule has 0 aliphatic carbocycles. The molecule has 34 heavy (non-hydrogen) atoms. The van der Waals surface area contributed by atoms with Crippen molar-refractivity contribution in [2.24, 2.45) is 7.05 Å². The van der Waals surface area contributed by atoms with Crippen LogP contribution >= 0.6 is 0 Å². The van der Waals surface area contributed by atoms with Gasteiger partial charge in [-0.15, -0.1) is 20.4 Å². The molecule has 2 N–H and O–H groups in total. The van der Waals surface area contributed by atoms with Gasteiger partial charge in [0.25, 0.3) is 5.91 Å². The molecule has 0 radical (unpaired) electrons. The highest BCUT2D eigenvalue weighted by Gasteiger charge is 2.13. The maximum atomic E-state index is 12.8. The molecule has 5 rings (SSSR count). The monoisotopic (exact) mass is 454 g/mol. The fourth-order valence-electron chi connectivity index (χ4n) is 3.66. The molecule has 0 fully saturated rings. The van der Waals surface area contributed by atoms with Gasteiger partial charge in [0.2, 0.25) is 0 Å². The van der Waals surface area contributed by atoms with Crippen LogP contribution < -0.4 is 10.6 Å². The number of hydrogen-bond acceptors (Lipinski definition) is 8. The first-order valence-corrected chi connectivity index (χ1v) is 10.7. The summed E-state index contributed by atoms with van der Waals surface area (Å²) in [6, 6.07) is 14.9. The highest BCUT2D eigenvalue weighted by Crippen LogP contribution is 2.16. The lowest BCUT2D eigenvalue weighted by molar-refractivity contribution is 0.0949. The molecule has 170 valence electrons. The molecule has 11 nitrogen and oxygen atoms in total. The number of benzene rings is 1. The summed E-state index contributed by atoms with van der Waals surface area (Å²) in [4.78, 5) is 20.9. The van der Waals surface area contributed by atoms with Crippen LogP contribution in [0.15, 0.2) is 61.1 Å². The van der Waals surface area contributed by atoms with E-state index in [0.717, 1.165) is 22.9 Å². The maximum Gasteiger partial charge on any atom is 0.251 e. The first kappa shape index (κ1) is 21.2. The van der Waals surface area contributed by atoms with Gasteiger partial charge in [0, 0.05) is 30.2 Å². The van der Waals surface area contributed by atoms with Gasteiger partial charge >= 0.3 is 0 Å². The lowest BCUT2D eigenvalue weighted by atomic mass is 10.2. The largest absolute Gasteiger partial charge is 0.378 e. The van der Waals surface area contributed by atoms with E-state index in [1.165, 1.54) is 6.33 Å². The number of nitrogens with one attached hydrogen (secondary N) is 2. The molecule has 5 aromatic rings. The standard InChI is InChI=1S/C23H22N10O/c1-15-5-3-8-19-28-30-21(33(15)19)13-26-23(34)16-6-4-7-17(11-16)25-12-20-29-31-22(32(20)2)18-9-10-24-14-27-18/h3-11,14,25H,12-13H2,1-2H3,(H,26,34). The summed E-state index contributed by atoms with van der Waals surface area (Å²) in [5, 5.41) is 23.1. The molecular formula is C23H22N10O. The van der Waals surface area contributed by atoms with Crippen LogP contribution in [0.5, 0.6) is 0 Å². The second-order valence-corrected chi connectivity index (χ2v) is 7.69. The smallest absolute Gasteiger partial charge is 0.251 e. The minimum atomic E-state index is -0.196. The lowest BCUT2D eigenvalue weighted by Crippen LogP contribution is -2.24. The van der Waals surface area contributed by atoms with Crippen molar-refractivity contribution < 1.29 is 4.79 Å².